The summed E-state index contributed by atoms with van der Waals surface area (Å²) in [6.45, 7) is 11.1. The molecule has 8 aromatic rings. The van der Waals surface area contributed by atoms with Gasteiger partial charge >= 0.3 is 6.09 Å². The molecule has 0 saturated carbocycles. The minimum Gasteiger partial charge on any atom is -0.444 e. The summed E-state index contributed by atoms with van der Waals surface area (Å²) in [4.78, 5) is 53.9. The number of hydrogen-bond donors (Lipinski definition) is 2. The van der Waals surface area contributed by atoms with Crippen LogP contribution in [0.15, 0.2) is 121 Å². The zero-order valence-electron chi connectivity index (χ0n) is 49.0. The fourth-order valence-corrected chi connectivity index (χ4v) is 12.0. The van der Waals surface area contributed by atoms with E-state index in [1.807, 2.05) is 91.2 Å². The Balaban J connectivity index is 0.000000212. The van der Waals surface area contributed by atoms with Gasteiger partial charge in [0, 0.05) is 114 Å². The average Bonchev–Trinajstić information content (AvgIpc) is 3.80. The molecule has 2 fully saturated rings. The second-order valence-electron chi connectivity index (χ2n) is 22.9. The maximum Gasteiger partial charge on any atom is 0.407 e. The van der Waals surface area contributed by atoms with Crippen LogP contribution < -0.4 is 11.1 Å². The van der Waals surface area contributed by atoms with E-state index >= 15 is 0 Å². The molecular weight excluding hydrogens is 1140 g/mol. The number of nitrogens with one attached hydrogen (secondary N) is 1. The lowest BCUT2D eigenvalue weighted by atomic mass is 9.95. The molecule has 0 aliphatic carbocycles. The van der Waals surface area contributed by atoms with Gasteiger partial charge in [0.05, 0.1) is 27.4 Å². The number of nitrogens with zero attached hydrogens (tertiary/aromatic N) is 6. The van der Waals surface area contributed by atoms with Gasteiger partial charge in [-0.2, -0.15) is 0 Å². The van der Waals surface area contributed by atoms with Gasteiger partial charge in [0.2, 0.25) is 11.8 Å². The minimum absolute atomic E-state index is 0.0154. The average molecular weight is 1220 g/mol. The van der Waals surface area contributed by atoms with Crippen molar-refractivity contribution in [2.45, 2.75) is 128 Å². The first kappa shape index (κ1) is 64.0. The lowest BCUT2D eigenvalue weighted by Crippen LogP contribution is -2.46. The van der Waals surface area contributed by atoms with Crippen LogP contribution >= 0.6 is 46.4 Å². The predicted octanol–water partition coefficient (Wildman–Crippen LogP) is 14.1. The number of hydrogen-bond acceptors (Lipinski definition) is 9. The molecule has 6 aromatic carbocycles. The van der Waals surface area contributed by atoms with Crippen LogP contribution in [-0.4, -0.2) is 123 Å². The quantitative estimate of drug-likeness (QED) is 0.0593. The van der Waals surface area contributed by atoms with Crippen molar-refractivity contribution in [3.8, 4) is 0 Å². The van der Waals surface area contributed by atoms with Gasteiger partial charge in [-0.25, -0.2) is 14.8 Å². The van der Waals surface area contributed by atoms with Crippen molar-refractivity contribution in [2.24, 2.45) is 5.73 Å². The SMILES string of the molecule is COCCCn1c([C@@H]2CCCN(C(=O)C[C@@H](Cc3ccc4ccccc4c3)NC(=O)OC(C)(C)C)C2)nc2ccc(Cl)cc21.COCCCn1c([C@@H]2CCCN(C(=O)C[C@H](N)Cc3ccc4ccccc4c3)C2)nc2ccc(Cl)cc21.ClCCl. The number of rotatable bonds is 19. The maximum atomic E-state index is 13.8. The smallest absolute Gasteiger partial charge is 0.407 e. The van der Waals surface area contributed by atoms with E-state index in [1.165, 1.54) is 16.3 Å². The number of carbonyl (C=O) groups is 3. The molecule has 0 spiro atoms. The predicted molar refractivity (Wildman–Crippen MR) is 342 cm³/mol. The Morgan fingerprint density at radius 3 is 1.55 bits per heavy atom. The Bertz CT molecular complexity index is 3470. The number of piperidine rings is 2. The second-order valence-corrected chi connectivity index (χ2v) is 24.6. The Morgan fingerprint density at radius 1 is 0.631 bits per heavy atom. The molecule has 3 amide bonds. The van der Waals surface area contributed by atoms with E-state index in [2.05, 4.69) is 75.1 Å². The summed E-state index contributed by atoms with van der Waals surface area (Å²) in [5.41, 5.74) is 11.9. The van der Waals surface area contributed by atoms with Crippen LogP contribution in [0.4, 0.5) is 4.79 Å². The number of fused-ring (bicyclic) bond motifs is 4. The topological polar surface area (TPSA) is 159 Å². The highest BCUT2D eigenvalue weighted by Gasteiger charge is 2.32. The zero-order valence-corrected chi connectivity index (χ0v) is 52.0. The van der Waals surface area contributed by atoms with Crippen molar-refractivity contribution in [1.82, 2.24) is 34.2 Å². The number of amides is 3. The third-order valence-electron chi connectivity index (χ3n) is 15.4. The number of benzene rings is 6. The first-order valence-corrected chi connectivity index (χ1v) is 31.0. The summed E-state index contributed by atoms with van der Waals surface area (Å²) >= 11 is 22.2. The van der Waals surface area contributed by atoms with E-state index in [1.54, 1.807) is 14.2 Å². The van der Waals surface area contributed by atoms with Crippen molar-refractivity contribution >= 4 is 108 Å². The highest BCUT2D eigenvalue weighted by atomic mass is 35.5. The molecule has 10 rings (SSSR count). The maximum absolute atomic E-state index is 13.8. The van der Waals surface area contributed by atoms with E-state index in [0.717, 1.165) is 108 Å². The Labute approximate surface area is 514 Å². The number of halogens is 4. The van der Waals surface area contributed by atoms with Crippen molar-refractivity contribution < 1.29 is 28.6 Å². The number of alkyl halides is 2. The van der Waals surface area contributed by atoms with Crippen molar-refractivity contribution in [3.63, 3.8) is 0 Å². The van der Waals surface area contributed by atoms with Crippen LogP contribution in [0.5, 0.6) is 0 Å². The Morgan fingerprint density at radius 2 is 1.08 bits per heavy atom. The van der Waals surface area contributed by atoms with Crippen LogP contribution in [0.1, 0.15) is 107 Å². The van der Waals surface area contributed by atoms with Gasteiger partial charge in [-0.3, -0.25) is 9.59 Å². The Kier molecular flexibility index (Phi) is 23.6. The van der Waals surface area contributed by atoms with Crippen molar-refractivity contribution in [1.29, 1.82) is 0 Å². The summed E-state index contributed by atoms with van der Waals surface area (Å²) in [7, 11) is 3.43. The lowest BCUT2D eigenvalue weighted by molar-refractivity contribution is -0.133. The largest absolute Gasteiger partial charge is 0.444 e. The van der Waals surface area contributed by atoms with Crippen LogP contribution in [0.2, 0.25) is 10.0 Å². The number of imidazole rings is 2. The van der Waals surface area contributed by atoms with Gasteiger partial charge in [0.15, 0.2) is 0 Å². The van der Waals surface area contributed by atoms with Crippen molar-refractivity contribution in [2.75, 3.05) is 59.0 Å². The highest BCUT2D eigenvalue weighted by molar-refractivity contribution is 6.40. The molecule has 18 heteroatoms. The van der Waals surface area contributed by atoms with E-state index < -0.39 is 17.7 Å². The summed E-state index contributed by atoms with van der Waals surface area (Å²) in [6, 6.07) is 40.2. The molecule has 0 radical (unpaired) electrons. The first-order chi connectivity index (χ1) is 40.5. The van der Waals surface area contributed by atoms with Crippen LogP contribution in [-0.2, 0) is 49.7 Å². The molecule has 2 saturated heterocycles. The second kappa shape index (κ2) is 30.9. The van der Waals surface area contributed by atoms with E-state index in [-0.39, 0.29) is 41.5 Å². The third-order valence-corrected chi connectivity index (χ3v) is 15.9. The van der Waals surface area contributed by atoms with Gasteiger partial charge in [-0.15, -0.1) is 23.2 Å². The van der Waals surface area contributed by atoms with Crippen LogP contribution in [0.3, 0.4) is 0 Å². The number of aryl methyl sites for hydroxylation is 2. The third kappa shape index (κ3) is 17.8. The minimum atomic E-state index is -0.638. The summed E-state index contributed by atoms with van der Waals surface area (Å²) < 4.78 is 20.7. The molecule has 448 valence electrons. The van der Waals surface area contributed by atoms with Crippen LogP contribution in [0, 0.1) is 0 Å². The monoisotopic (exact) mass is 1220 g/mol. The fraction of sp³-hybridized carbons (Fsp3) is 0.439. The molecule has 2 aromatic heterocycles. The molecule has 14 nitrogen and oxygen atoms in total. The van der Waals surface area contributed by atoms with E-state index in [9.17, 15) is 14.4 Å². The Hall–Kier alpha value is -5.97. The summed E-state index contributed by atoms with van der Waals surface area (Å²) in [5.74, 6) is 2.44. The molecule has 2 aliphatic rings. The number of ether oxygens (including phenoxy) is 3. The molecule has 2 aliphatic heterocycles. The van der Waals surface area contributed by atoms with Gasteiger partial charge < -0.3 is 44.2 Å². The van der Waals surface area contributed by atoms with Gasteiger partial charge in [0.25, 0.3) is 0 Å². The van der Waals surface area contributed by atoms with E-state index in [4.69, 9.17) is 76.3 Å². The highest BCUT2D eigenvalue weighted by Crippen LogP contribution is 2.34. The van der Waals surface area contributed by atoms with Crippen molar-refractivity contribution in [3.05, 3.63) is 154 Å². The molecule has 0 bridgehead atoms. The summed E-state index contributed by atoms with van der Waals surface area (Å²) in [6.07, 6.45) is 6.74. The number of alkyl carbamates (subject to hydrolysis) is 1. The number of carbonyl (C=O) groups excluding carboxylic acids is 3. The number of nitrogens with two attached hydrogens (primary N) is 1. The molecule has 84 heavy (non-hydrogen) atoms. The molecular formula is C66H80Cl4N8O6. The normalized spacial score (nSPS) is 16.2. The number of aromatic nitrogens is 4. The van der Waals surface area contributed by atoms with E-state index in [0.29, 0.717) is 62.2 Å². The number of likely N-dealkylation sites (tertiary alicyclic amines) is 2. The van der Waals surface area contributed by atoms with Gasteiger partial charge in [-0.05, 0) is 141 Å². The first-order valence-electron chi connectivity index (χ1n) is 29.2. The summed E-state index contributed by atoms with van der Waals surface area (Å²) in [5, 5.41) is 9.26. The molecule has 4 atom stereocenters. The van der Waals surface area contributed by atoms with Gasteiger partial charge in [-0.1, -0.05) is 108 Å². The van der Waals surface area contributed by atoms with Gasteiger partial charge in [0.1, 0.15) is 17.2 Å². The fourth-order valence-electron chi connectivity index (χ4n) is 11.6. The standard InChI is InChI=1S/C35H43ClN4O4.C30H35ClN4O2.CH2Cl2/c1-35(2,3)44-34(42)37-29(20-24-12-13-25-9-5-6-10-26(25)19-24)22-32(41)39-16-7-11-27(23-39)33-38-30-15-14-28(36)21-31(30)40(33)17-8-18-43-4;1-37-15-5-14-35-28-18-25(31)11-12-27(28)33-30(35)24-8-4-13-34(20-24)29(36)19-26(32)17-21-9-10-22-6-2-3-7-23(22)16-21;2-1-3/h5-6,9-10,12-15,19,21,27,29H,7-8,11,16-18,20,22-23H2,1-4H3,(H,37,42);2-3,6-7,9-12,16,18,24,26H,4-5,8,13-15,17,19-20,32H2,1H3;1H2/t27-,29-;24-,26-;/m11./s1. The molecule has 0 unspecified atom stereocenters. The van der Waals surface area contributed by atoms with Crippen LogP contribution in [0.25, 0.3) is 43.6 Å². The number of methoxy groups -OCH3 is 2. The zero-order chi connectivity index (χ0) is 59.8. The molecule has 3 N–H and O–H groups in total. The lowest BCUT2D eigenvalue weighted by Gasteiger charge is -2.34. The molecule has 4 heterocycles.